The number of carbonyl (C=O) groups excluding carboxylic acids is 1. The summed E-state index contributed by atoms with van der Waals surface area (Å²) in [5.41, 5.74) is 1.55. The summed E-state index contributed by atoms with van der Waals surface area (Å²) in [7, 11) is 0. The molecule has 2 aromatic carbocycles. The molecule has 4 aromatic rings. The summed E-state index contributed by atoms with van der Waals surface area (Å²) in [5.74, 6) is 0.0740. The molecule has 10 heteroatoms. The van der Waals surface area contributed by atoms with E-state index in [-0.39, 0.29) is 18.0 Å². The zero-order valence-corrected chi connectivity index (χ0v) is 19.1. The number of nitrogens with one attached hydrogen (secondary N) is 2. The third kappa shape index (κ3) is 5.98. The Morgan fingerprint density at radius 2 is 1.97 bits per heavy atom. The molecule has 0 saturated carbocycles. The van der Waals surface area contributed by atoms with Crippen molar-refractivity contribution >= 4 is 58.0 Å². The molecule has 0 saturated heterocycles. The molecule has 2 aromatic heterocycles. The van der Waals surface area contributed by atoms with Gasteiger partial charge < -0.3 is 5.32 Å². The zero-order valence-electron chi connectivity index (χ0n) is 17.6. The monoisotopic (exact) mass is 502 g/mol. The number of amides is 1. The number of aromatic nitrogens is 3. The van der Waals surface area contributed by atoms with Crippen LogP contribution < -0.4 is 5.32 Å². The highest BCUT2D eigenvalue weighted by Crippen LogP contribution is 2.36. The summed E-state index contributed by atoms with van der Waals surface area (Å²) in [6, 6.07) is 14.8. The Balaban J connectivity index is 1.33. The summed E-state index contributed by atoms with van der Waals surface area (Å²) in [6.45, 7) is 0. The molecule has 4 rings (SSSR count). The number of halogens is 4. The molecule has 0 aliphatic rings. The SMILES string of the molecule is O=C(CCSc1ccc2c(/C=C/c3ccccn3)n[nH]c2c1)Nc1ccc(Cl)c(C(F)(F)F)c1. The first-order valence-corrected chi connectivity index (χ1v) is 11.5. The molecule has 0 bridgehead atoms. The van der Waals surface area contributed by atoms with E-state index in [2.05, 4.69) is 20.5 Å². The first kappa shape index (κ1) is 23.8. The fraction of sp³-hybridized carbons (Fsp3) is 0.125. The standard InChI is InChI=1S/C24H18ClF3N4OS/c25-20-8-4-16(13-19(20)24(26,27)28)30-23(33)10-12-34-17-6-7-18-21(31-32-22(18)14-17)9-5-15-3-1-2-11-29-15/h1-9,11,13-14H,10,12H2,(H,30,33)(H,31,32)/b9-5+. The third-order valence-electron chi connectivity index (χ3n) is 4.82. The van der Waals surface area contributed by atoms with Gasteiger partial charge in [0.15, 0.2) is 0 Å². The van der Waals surface area contributed by atoms with Gasteiger partial charge in [-0.2, -0.15) is 18.3 Å². The van der Waals surface area contributed by atoms with Crippen LogP contribution in [0.1, 0.15) is 23.4 Å². The van der Waals surface area contributed by atoms with Crippen molar-refractivity contribution in [2.24, 2.45) is 0 Å². The van der Waals surface area contributed by atoms with E-state index in [0.717, 1.165) is 39.3 Å². The van der Waals surface area contributed by atoms with Gasteiger partial charge in [-0.3, -0.25) is 14.9 Å². The quantitative estimate of drug-likeness (QED) is 0.269. The topological polar surface area (TPSA) is 70.7 Å². The van der Waals surface area contributed by atoms with Crippen LogP contribution >= 0.6 is 23.4 Å². The summed E-state index contributed by atoms with van der Waals surface area (Å²) in [6.07, 6.45) is 1.04. The maximum absolute atomic E-state index is 13.0. The van der Waals surface area contributed by atoms with E-state index in [9.17, 15) is 18.0 Å². The van der Waals surface area contributed by atoms with Gasteiger partial charge in [-0.15, -0.1) is 11.8 Å². The normalized spacial score (nSPS) is 11.9. The minimum absolute atomic E-state index is 0.0527. The van der Waals surface area contributed by atoms with Crippen molar-refractivity contribution in [3.8, 4) is 0 Å². The molecular formula is C24H18ClF3N4OS. The van der Waals surface area contributed by atoms with Crippen LogP contribution in [0.25, 0.3) is 23.1 Å². The van der Waals surface area contributed by atoms with Crippen LogP contribution in [0.2, 0.25) is 5.02 Å². The van der Waals surface area contributed by atoms with Crippen molar-refractivity contribution in [1.29, 1.82) is 0 Å². The number of fused-ring (bicyclic) bond motifs is 1. The number of hydrogen-bond acceptors (Lipinski definition) is 4. The van der Waals surface area contributed by atoms with Gasteiger partial charge in [-0.25, -0.2) is 0 Å². The Morgan fingerprint density at radius 1 is 1.12 bits per heavy atom. The number of carbonyl (C=O) groups is 1. The van der Waals surface area contributed by atoms with Gasteiger partial charge in [-0.05, 0) is 60.7 Å². The van der Waals surface area contributed by atoms with E-state index < -0.39 is 16.8 Å². The Hall–Kier alpha value is -3.30. The van der Waals surface area contributed by atoms with Gasteiger partial charge in [0.2, 0.25) is 5.91 Å². The number of rotatable bonds is 7. The smallest absolute Gasteiger partial charge is 0.326 e. The Labute approximate surface area is 202 Å². The van der Waals surface area contributed by atoms with Crippen molar-refractivity contribution in [3.63, 3.8) is 0 Å². The van der Waals surface area contributed by atoms with Crippen molar-refractivity contribution in [2.45, 2.75) is 17.5 Å². The molecule has 0 aliphatic heterocycles. The third-order valence-corrected chi connectivity index (χ3v) is 6.14. The molecule has 0 fully saturated rings. The fourth-order valence-electron chi connectivity index (χ4n) is 3.18. The van der Waals surface area contributed by atoms with Crippen LogP contribution in [-0.2, 0) is 11.0 Å². The lowest BCUT2D eigenvalue weighted by molar-refractivity contribution is -0.137. The highest BCUT2D eigenvalue weighted by molar-refractivity contribution is 7.99. The van der Waals surface area contributed by atoms with E-state index >= 15 is 0 Å². The summed E-state index contributed by atoms with van der Waals surface area (Å²) in [4.78, 5) is 17.4. The number of hydrogen-bond donors (Lipinski definition) is 2. The van der Waals surface area contributed by atoms with Gasteiger partial charge in [0.05, 0.1) is 27.5 Å². The first-order chi connectivity index (χ1) is 16.3. The molecular weight excluding hydrogens is 485 g/mol. The highest BCUT2D eigenvalue weighted by Gasteiger charge is 2.33. The second kappa shape index (κ2) is 10.3. The van der Waals surface area contributed by atoms with Gasteiger partial charge in [-0.1, -0.05) is 17.7 Å². The second-order valence-electron chi connectivity index (χ2n) is 7.24. The molecule has 5 nitrogen and oxygen atoms in total. The number of benzene rings is 2. The predicted octanol–water partition coefficient (Wildman–Crippen LogP) is 6.92. The van der Waals surface area contributed by atoms with E-state index in [4.69, 9.17) is 11.6 Å². The largest absolute Gasteiger partial charge is 0.417 e. The molecule has 0 spiro atoms. The molecule has 2 N–H and O–H groups in total. The van der Waals surface area contributed by atoms with Crippen LogP contribution in [0.3, 0.4) is 0 Å². The van der Waals surface area contributed by atoms with Crippen LogP contribution in [-0.4, -0.2) is 26.8 Å². The molecule has 0 atom stereocenters. The molecule has 0 unspecified atom stereocenters. The molecule has 1 amide bonds. The van der Waals surface area contributed by atoms with Crippen molar-refractivity contribution in [1.82, 2.24) is 15.2 Å². The van der Waals surface area contributed by atoms with Gasteiger partial charge in [0.1, 0.15) is 0 Å². The molecule has 174 valence electrons. The number of thioether (sulfide) groups is 1. The van der Waals surface area contributed by atoms with Crippen LogP contribution in [0.4, 0.5) is 18.9 Å². The Bertz CT molecular complexity index is 1340. The number of pyridine rings is 1. The van der Waals surface area contributed by atoms with Crippen LogP contribution in [0, 0.1) is 0 Å². The summed E-state index contributed by atoms with van der Waals surface area (Å²) >= 11 is 7.07. The lowest BCUT2D eigenvalue weighted by Crippen LogP contribution is -2.13. The van der Waals surface area contributed by atoms with E-state index in [1.807, 2.05) is 48.6 Å². The van der Waals surface area contributed by atoms with Crippen LogP contribution in [0.5, 0.6) is 0 Å². The lowest BCUT2D eigenvalue weighted by atomic mass is 10.2. The number of anilines is 1. The maximum atomic E-state index is 13.0. The molecule has 0 radical (unpaired) electrons. The van der Waals surface area contributed by atoms with Gasteiger partial charge >= 0.3 is 6.18 Å². The molecule has 0 aliphatic carbocycles. The number of nitrogens with zero attached hydrogens (tertiary/aromatic N) is 2. The lowest BCUT2D eigenvalue weighted by Gasteiger charge is -2.11. The average molecular weight is 503 g/mol. The summed E-state index contributed by atoms with van der Waals surface area (Å²) < 4.78 is 38.9. The summed E-state index contributed by atoms with van der Waals surface area (Å²) in [5, 5.41) is 10.4. The predicted molar refractivity (Wildman–Crippen MR) is 130 cm³/mol. The average Bonchev–Trinajstić information content (AvgIpc) is 3.21. The Morgan fingerprint density at radius 3 is 2.74 bits per heavy atom. The Kier molecular flexibility index (Phi) is 7.23. The number of alkyl halides is 3. The fourth-order valence-corrected chi connectivity index (χ4v) is 4.29. The van der Waals surface area contributed by atoms with E-state index in [1.165, 1.54) is 17.8 Å². The number of H-pyrrole nitrogens is 1. The van der Waals surface area contributed by atoms with Crippen LogP contribution in [0.15, 0.2) is 65.7 Å². The second-order valence-corrected chi connectivity index (χ2v) is 8.82. The van der Waals surface area contributed by atoms with E-state index in [0.29, 0.717) is 5.75 Å². The first-order valence-electron chi connectivity index (χ1n) is 10.2. The minimum Gasteiger partial charge on any atom is -0.326 e. The van der Waals surface area contributed by atoms with Gasteiger partial charge in [0.25, 0.3) is 0 Å². The van der Waals surface area contributed by atoms with E-state index in [1.54, 1.807) is 6.20 Å². The highest BCUT2D eigenvalue weighted by atomic mass is 35.5. The number of aromatic amines is 1. The molecule has 2 heterocycles. The molecule has 34 heavy (non-hydrogen) atoms. The minimum atomic E-state index is -4.59. The van der Waals surface area contributed by atoms with Gasteiger partial charge in [0, 0.05) is 34.3 Å². The maximum Gasteiger partial charge on any atom is 0.417 e. The van der Waals surface area contributed by atoms with Crippen molar-refractivity contribution < 1.29 is 18.0 Å². The van der Waals surface area contributed by atoms with Crippen molar-refractivity contribution in [2.75, 3.05) is 11.1 Å². The zero-order chi connectivity index (χ0) is 24.1. The van der Waals surface area contributed by atoms with Crippen molar-refractivity contribution in [3.05, 3.63) is 82.8 Å².